The lowest BCUT2D eigenvalue weighted by Gasteiger charge is -2.23. The summed E-state index contributed by atoms with van der Waals surface area (Å²) in [7, 11) is 0. The van der Waals surface area contributed by atoms with Crippen molar-refractivity contribution in [3.63, 3.8) is 0 Å². The van der Waals surface area contributed by atoms with E-state index in [4.69, 9.17) is 14.9 Å². The Balaban J connectivity index is 2.21. The molecule has 3 N–H and O–H groups in total. The predicted octanol–water partition coefficient (Wildman–Crippen LogP) is -0.296. The van der Waals surface area contributed by atoms with Gasteiger partial charge in [-0.2, -0.15) is 0 Å². The summed E-state index contributed by atoms with van der Waals surface area (Å²) >= 11 is 0. The SMILES string of the molecule is O=CO[C@H]1C/C(=C/C=[N+]2\CCC[C@H]2C(=O)O)C=C(C(=O)O)N1. The molecular formula is C14H17N2O6+. The zero-order valence-electron chi connectivity index (χ0n) is 11.8. The van der Waals surface area contributed by atoms with E-state index in [1.807, 2.05) is 0 Å². The smallest absolute Gasteiger partial charge is 0.372 e. The molecule has 118 valence electrons. The third-order valence-electron chi connectivity index (χ3n) is 3.58. The van der Waals surface area contributed by atoms with Crippen LogP contribution in [0.3, 0.4) is 0 Å². The van der Waals surface area contributed by atoms with Crippen molar-refractivity contribution in [3.8, 4) is 0 Å². The Hall–Kier alpha value is -2.64. The third kappa shape index (κ3) is 3.72. The van der Waals surface area contributed by atoms with Gasteiger partial charge in [-0.1, -0.05) is 0 Å². The van der Waals surface area contributed by atoms with Gasteiger partial charge in [0, 0.05) is 25.3 Å². The number of carboxylic acids is 2. The Kier molecular flexibility index (Phi) is 4.92. The highest BCUT2D eigenvalue weighted by Crippen LogP contribution is 2.17. The van der Waals surface area contributed by atoms with Gasteiger partial charge in [-0.15, -0.1) is 0 Å². The van der Waals surface area contributed by atoms with Crippen molar-refractivity contribution >= 4 is 24.6 Å². The minimum absolute atomic E-state index is 0.0750. The van der Waals surface area contributed by atoms with Crippen LogP contribution in [0.4, 0.5) is 0 Å². The van der Waals surface area contributed by atoms with Gasteiger partial charge < -0.3 is 20.3 Å². The number of ether oxygens (including phenoxy) is 1. The van der Waals surface area contributed by atoms with Gasteiger partial charge in [0.1, 0.15) is 12.2 Å². The van der Waals surface area contributed by atoms with E-state index in [2.05, 4.69) is 5.32 Å². The molecule has 0 saturated carbocycles. The van der Waals surface area contributed by atoms with Crippen LogP contribution in [0.2, 0.25) is 0 Å². The fraction of sp³-hybridized carbons (Fsp3) is 0.429. The van der Waals surface area contributed by atoms with Crippen LogP contribution < -0.4 is 5.32 Å². The highest BCUT2D eigenvalue weighted by Gasteiger charge is 2.33. The lowest BCUT2D eigenvalue weighted by molar-refractivity contribution is -0.527. The van der Waals surface area contributed by atoms with Crippen molar-refractivity contribution in [1.29, 1.82) is 0 Å². The van der Waals surface area contributed by atoms with Crippen LogP contribution in [-0.2, 0) is 19.1 Å². The summed E-state index contributed by atoms with van der Waals surface area (Å²) in [4.78, 5) is 32.6. The second kappa shape index (κ2) is 6.88. The number of hydrogen-bond acceptors (Lipinski definition) is 5. The fourth-order valence-corrected chi connectivity index (χ4v) is 2.54. The molecule has 1 fully saturated rings. The molecule has 0 aromatic heterocycles. The van der Waals surface area contributed by atoms with E-state index < -0.39 is 24.2 Å². The summed E-state index contributed by atoms with van der Waals surface area (Å²) in [6.07, 6.45) is 5.69. The summed E-state index contributed by atoms with van der Waals surface area (Å²) in [6, 6.07) is -0.552. The fourth-order valence-electron chi connectivity index (χ4n) is 2.54. The number of hydrogen-bond donors (Lipinski definition) is 3. The summed E-state index contributed by atoms with van der Waals surface area (Å²) in [5.74, 6) is -2.03. The first-order chi connectivity index (χ1) is 10.5. The summed E-state index contributed by atoms with van der Waals surface area (Å²) in [5.41, 5.74) is 0.563. The molecule has 0 amide bonds. The number of nitrogens with one attached hydrogen (secondary N) is 1. The first-order valence-corrected chi connectivity index (χ1v) is 6.84. The first-order valence-electron chi connectivity index (χ1n) is 6.84. The molecule has 2 rings (SSSR count). The zero-order chi connectivity index (χ0) is 16.1. The molecule has 0 bridgehead atoms. The Morgan fingerprint density at radius 2 is 2.18 bits per heavy atom. The third-order valence-corrected chi connectivity index (χ3v) is 3.58. The van der Waals surface area contributed by atoms with E-state index >= 15 is 0 Å². The van der Waals surface area contributed by atoms with Crippen LogP contribution in [0.1, 0.15) is 19.3 Å². The van der Waals surface area contributed by atoms with Crippen molar-refractivity contribution < 1.29 is 33.9 Å². The number of allylic oxidation sites excluding steroid dienone is 2. The van der Waals surface area contributed by atoms with Crippen molar-refractivity contribution in [2.75, 3.05) is 6.54 Å². The van der Waals surface area contributed by atoms with Gasteiger partial charge in [-0.3, -0.25) is 4.79 Å². The molecule has 2 aliphatic rings. The number of aliphatic carboxylic acids is 2. The summed E-state index contributed by atoms with van der Waals surface area (Å²) < 4.78 is 6.48. The lowest BCUT2D eigenvalue weighted by atomic mass is 10.1. The number of nitrogens with zero attached hydrogens (tertiary/aromatic N) is 1. The number of carboxylic acid groups (broad SMARTS) is 2. The molecule has 0 aliphatic carbocycles. The molecule has 2 aliphatic heterocycles. The first kappa shape index (κ1) is 15.7. The van der Waals surface area contributed by atoms with Gasteiger partial charge >= 0.3 is 11.9 Å². The molecule has 22 heavy (non-hydrogen) atoms. The zero-order valence-corrected chi connectivity index (χ0v) is 11.8. The van der Waals surface area contributed by atoms with Gasteiger partial charge in [0.15, 0.2) is 12.4 Å². The molecule has 2 atom stereocenters. The Morgan fingerprint density at radius 3 is 2.82 bits per heavy atom. The van der Waals surface area contributed by atoms with Crippen LogP contribution in [0.25, 0.3) is 0 Å². The van der Waals surface area contributed by atoms with E-state index in [0.29, 0.717) is 25.0 Å². The molecule has 1 saturated heterocycles. The highest BCUT2D eigenvalue weighted by atomic mass is 16.5. The van der Waals surface area contributed by atoms with E-state index in [1.54, 1.807) is 16.9 Å². The van der Waals surface area contributed by atoms with Gasteiger partial charge in [0.25, 0.3) is 6.47 Å². The average Bonchev–Trinajstić information content (AvgIpc) is 2.94. The number of rotatable bonds is 5. The van der Waals surface area contributed by atoms with E-state index in [9.17, 15) is 14.4 Å². The van der Waals surface area contributed by atoms with E-state index in [-0.39, 0.29) is 12.2 Å². The summed E-state index contributed by atoms with van der Waals surface area (Å²) in [6.45, 7) is 0.896. The van der Waals surface area contributed by atoms with Crippen molar-refractivity contribution in [1.82, 2.24) is 5.32 Å². The minimum Gasteiger partial charge on any atom is -0.477 e. The van der Waals surface area contributed by atoms with Crippen molar-refractivity contribution in [2.45, 2.75) is 31.5 Å². The average molecular weight is 309 g/mol. The molecule has 0 spiro atoms. The van der Waals surface area contributed by atoms with Crippen LogP contribution >= 0.6 is 0 Å². The maximum Gasteiger partial charge on any atom is 0.372 e. The van der Waals surface area contributed by atoms with E-state index in [1.165, 1.54) is 6.08 Å². The Labute approximate surface area is 126 Å². The van der Waals surface area contributed by atoms with E-state index in [0.717, 1.165) is 6.42 Å². The summed E-state index contributed by atoms with van der Waals surface area (Å²) in [5, 5.41) is 20.7. The molecule has 2 heterocycles. The normalized spacial score (nSPS) is 28.1. The second-order valence-corrected chi connectivity index (χ2v) is 5.06. The molecule has 0 aromatic rings. The second-order valence-electron chi connectivity index (χ2n) is 5.06. The van der Waals surface area contributed by atoms with Crippen LogP contribution in [0.5, 0.6) is 0 Å². The monoisotopic (exact) mass is 309 g/mol. The molecular weight excluding hydrogens is 292 g/mol. The molecule has 0 aromatic carbocycles. The topological polar surface area (TPSA) is 116 Å². The Morgan fingerprint density at radius 1 is 1.41 bits per heavy atom. The number of carbonyl (C=O) groups excluding carboxylic acids is 1. The molecule has 8 nitrogen and oxygen atoms in total. The minimum atomic E-state index is -1.16. The van der Waals surface area contributed by atoms with Gasteiger partial charge in [0.05, 0.1) is 0 Å². The quantitative estimate of drug-likeness (QED) is 0.472. The van der Waals surface area contributed by atoms with Crippen LogP contribution in [-0.4, -0.2) is 58.2 Å². The molecule has 0 radical (unpaired) electrons. The lowest BCUT2D eigenvalue weighted by Crippen LogP contribution is -2.37. The van der Waals surface area contributed by atoms with Crippen LogP contribution in [0, 0.1) is 0 Å². The van der Waals surface area contributed by atoms with Crippen molar-refractivity contribution in [3.05, 3.63) is 23.4 Å². The van der Waals surface area contributed by atoms with Crippen LogP contribution in [0.15, 0.2) is 23.4 Å². The predicted molar refractivity (Wildman–Crippen MR) is 74.3 cm³/mol. The molecule has 8 heteroatoms. The standard InChI is InChI=1S/C14H16N2O6/c17-8-22-12-7-9(6-10(15-12)13(18)19)3-5-16-4-1-2-11(16)14(20)21/h3,5-6,8,11-12H,1-2,4,7H2,(H2,18,19,20,21)/p+1/t11-,12-/m0/s1. The highest BCUT2D eigenvalue weighted by molar-refractivity contribution is 5.87. The largest absolute Gasteiger partial charge is 0.477 e. The molecule has 0 unspecified atom stereocenters. The van der Waals surface area contributed by atoms with Crippen molar-refractivity contribution in [2.24, 2.45) is 0 Å². The van der Waals surface area contributed by atoms with Gasteiger partial charge in [-0.05, 0) is 11.6 Å². The maximum absolute atomic E-state index is 11.1. The maximum atomic E-state index is 11.1. The Bertz CT molecular complexity index is 578. The van der Waals surface area contributed by atoms with Gasteiger partial charge in [0.2, 0.25) is 6.04 Å². The number of carbonyl (C=O) groups is 3. The van der Waals surface area contributed by atoms with Gasteiger partial charge in [-0.25, -0.2) is 14.2 Å².